The number of methoxy groups -OCH3 is 3. The molecule has 0 bridgehead atoms. The second-order valence-electron chi connectivity index (χ2n) is 5.39. The number of carbonyl (C=O) groups is 1. The van der Waals surface area contributed by atoms with Gasteiger partial charge in [0.25, 0.3) is 5.91 Å². The summed E-state index contributed by atoms with van der Waals surface area (Å²) < 4.78 is 19.1. The van der Waals surface area contributed by atoms with Gasteiger partial charge in [-0.3, -0.25) is 4.79 Å². The molecule has 136 valence electrons. The molecule has 0 aliphatic carbocycles. The molecule has 6 nitrogen and oxygen atoms in total. The largest absolute Gasteiger partial charge is 0.496 e. The van der Waals surface area contributed by atoms with E-state index in [1.807, 2.05) is 29.7 Å². The molecule has 1 aromatic heterocycles. The second-order valence-corrected chi connectivity index (χ2v) is 6.40. The van der Waals surface area contributed by atoms with Crippen LogP contribution in [0.5, 0.6) is 17.2 Å². The summed E-state index contributed by atoms with van der Waals surface area (Å²) in [6.45, 7) is 2.67. The van der Waals surface area contributed by atoms with Crippen molar-refractivity contribution in [2.24, 2.45) is 4.99 Å². The lowest BCUT2D eigenvalue weighted by atomic mass is 10.1. The number of thiazole rings is 1. The summed E-state index contributed by atoms with van der Waals surface area (Å²) in [4.78, 5) is 17.9. The number of ether oxygens (including phenoxy) is 3. The third-order valence-electron chi connectivity index (χ3n) is 4.04. The lowest BCUT2D eigenvalue weighted by molar-refractivity contribution is 0.0992. The van der Waals surface area contributed by atoms with Gasteiger partial charge in [0.2, 0.25) is 0 Å². The van der Waals surface area contributed by atoms with Crippen LogP contribution in [0.15, 0.2) is 41.4 Å². The average molecular weight is 372 g/mol. The topological polar surface area (TPSA) is 62.1 Å². The van der Waals surface area contributed by atoms with Gasteiger partial charge in [-0.1, -0.05) is 23.5 Å². The zero-order chi connectivity index (χ0) is 18.7. The van der Waals surface area contributed by atoms with Gasteiger partial charge in [0.1, 0.15) is 28.3 Å². The highest BCUT2D eigenvalue weighted by molar-refractivity contribution is 7.16. The Morgan fingerprint density at radius 2 is 1.58 bits per heavy atom. The maximum atomic E-state index is 12.9. The molecular formula is C19H20N2O4S. The van der Waals surface area contributed by atoms with E-state index >= 15 is 0 Å². The highest BCUT2D eigenvalue weighted by Gasteiger charge is 2.19. The number of para-hydroxylation sites is 1. The van der Waals surface area contributed by atoms with Crippen molar-refractivity contribution in [1.82, 2.24) is 4.57 Å². The van der Waals surface area contributed by atoms with E-state index in [2.05, 4.69) is 4.99 Å². The molecule has 1 heterocycles. The Kier molecular flexibility index (Phi) is 5.27. The molecule has 0 atom stereocenters. The predicted molar refractivity (Wildman–Crippen MR) is 101 cm³/mol. The van der Waals surface area contributed by atoms with Crippen molar-refractivity contribution in [2.45, 2.75) is 13.5 Å². The van der Waals surface area contributed by atoms with E-state index < -0.39 is 5.91 Å². The first-order valence-corrected chi connectivity index (χ1v) is 8.92. The number of fused-ring (bicyclic) bond motifs is 1. The van der Waals surface area contributed by atoms with Crippen LogP contribution in [0.4, 0.5) is 0 Å². The molecule has 0 fully saturated rings. The minimum Gasteiger partial charge on any atom is -0.496 e. The van der Waals surface area contributed by atoms with E-state index in [0.29, 0.717) is 28.4 Å². The third kappa shape index (κ3) is 3.06. The fourth-order valence-electron chi connectivity index (χ4n) is 2.85. The maximum Gasteiger partial charge on any atom is 0.287 e. The SMILES string of the molecule is CCn1c(=NC(=O)c2c(OC)cccc2OC)sc2cccc(OC)c21. The van der Waals surface area contributed by atoms with Crippen molar-refractivity contribution < 1.29 is 19.0 Å². The van der Waals surface area contributed by atoms with Crippen LogP contribution in [0.3, 0.4) is 0 Å². The summed E-state index contributed by atoms with van der Waals surface area (Å²) in [5.41, 5.74) is 1.24. The Labute approximate surface area is 155 Å². The number of aromatic nitrogens is 1. The predicted octanol–water partition coefficient (Wildman–Crippen LogP) is 3.49. The molecule has 0 radical (unpaired) electrons. The third-order valence-corrected chi connectivity index (χ3v) is 5.08. The molecule has 1 amide bonds. The number of nitrogens with zero attached hydrogens (tertiary/aromatic N) is 2. The fraction of sp³-hybridized carbons (Fsp3) is 0.263. The minimum atomic E-state index is -0.410. The summed E-state index contributed by atoms with van der Waals surface area (Å²) in [6.07, 6.45) is 0. The molecule has 26 heavy (non-hydrogen) atoms. The van der Waals surface area contributed by atoms with Gasteiger partial charge in [-0.2, -0.15) is 4.99 Å². The molecule has 0 unspecified atom stereocenters. The van der Waals surface area contributed by atoms with E-state index in [0.717, 1.165) is 16.0 Å². The average Bonchev–Trinajstić information content (AvgIpc) is 3.03. The van der Waals surface area contributed by atoms with Gasteiger partial charge in [-0.15, -0.1) is 0 Å². The van der Waals surface area contributed by atoms with Crippen LogP contribution < -0.4 is 19.0 Å². The molecule has 0 aliphatic heterocycles. The van der Waals surface area contributed by atoms with E-state index in [-0.39, 0.29) is 0 Å². The van der Waals surface area contributed by atoms with Gasteiger partial charge in [-0.05, 0) is 31.2 Å². The molecule has 0 N–H and O–H groups in total. The van der Waals surface area contributed by atoms with Gasteiger partial charge >= 0.3 is 0 Å². The van der Waals surface area contributed by atoms with Gasteiger partial charge in [0.05, 0.1) is 26.0 Å². The van der Waals surface area contributed by atoms with E-state index in [4.69, 9.17) is 14.2 Å². The standard InChI is InChI=1S/C19H20N2O4S/c1-5-21-17-14(25-4)10-7-11-15(17)26-19(21)20-18(22)16-12(23-2)8-6-9-13(16)24-3/h6-11H,5H2,1-4H3. The van der Waals surface area contributed by atoms with Crippen LogP contribution >= 0.6 is 11.3 Å². The molecule has 0 saturated carbocycles. The molecule has 7 heteroatoms. The summed E-state index contributed by atoms with van der Waals surface area (Å²) in [6, 6.07) is 11.0. The summed E-state index contributed by atoms with van der Waals surface area (Å²) in [5, 5.41) is 0. The van der Waals surface area contributed by atoms with Crippen molar-refractivity contribution in [3.8, 4) is 17.2 Å². The van der Waals surface area contributed by atoms with Crippen LogP contribution in [0.25, 0.3) is 10.2 Å². The quantitative estimate of drug-likeness (QED) is 0.688. The minimum absolute atomic E-state index is 0.310. The zero-order valence-corrected chi connectivity index (χ0v) is 15.9. The smallest absolute Gasteiger partial charge is 0.287 e. The number of benzene rings is 2. The van der Waals surface area contributed by atoms with Crippen molar-refractivity contribution in [3.63, 3.8) is 0 Å². The Balaban J connectivity index is 2.22. The lowest BCUT2D eigenvalue weighted by Gasteiger charge is -2.09. The van der Waals surface area contributed by atoms with E-state index in [1.165, 1.54) is 25.6 Å². The van der Waals surface area contributed by atoms with Gasteiger partial charge in [0.15, 0.2) is 4.80 Å². The van der Waals surface area contributed by atoms with Crippen LogP contribution in [0, 0.1) is 0 Å². The summed E-state index contributed by atoms with van der Waals surface area (Å²) in [7, 11) is 4.66. The number of hydrogen-bond donors (Lipinski definition) is 0. The van der Waals surface area contributed by atoms with Crippen molar-refractivity contribution in [1.29, 1.82) is 0 Å². The van der Waals surface area contributed by atoms with Crippen molar-refractivity contribution in [3.05, 3.63) is 46.8 Å². The summed E-state index contributed by atoms with van der Waals surface area (Å²) in [5.74, 6) is 1.20. The highest BCUT2D eigenvalue weighted by Crippen LogP contribution is 2.30. The first-order chi connectivity index (χ1) is 12.6. The van der Waals surface area contributed by atoms with Crippen molar-refractivity contribution in [2.75, 3.05) is 21.3 Å². The Morgan fingerprint density at radius 3 is 2.15 bits per heavy atom. The van der Waals surface area contributed by atoms with Gasteiger partial charge in [-0.25, -0.2) is 0 Å². The molecule has 3 aromatic rings. The molecular weight excluding hydrogens is 352 g/mol. The molecule has 3 rings (SSSR count). The highest BCUT2D eigenvalue weighted by atomic mass is 32.1. The second kappa shape index (κ2) is 7.61. The van der Waals surface area contributed by atoms with Crippen LogP contribution in [0.2, 0.25) is 0 Å². The molecule has 2 aromatic carbocycles. The van der Waals surface area contributed by atoms with Gasteiger partial charge in [0, 0.05) is 6.54 Å². The fourth-order valence-corrected chi connectivity index (χ4v) is 3.96. The van der Waals surface area contributed by atoms with Crippen molar-refractivity contribution >= 4 is 27.5 Å². The van der Waals surface area contributed by atoms with E-state index in [1.54, 1.807) is 25.3 Å². The zero-order valence-electron chi connectivity index (χ0n) is 15.1. The number of carbonyl (C=O) groups excluding carboxylic acids is 1. The first-order valence-electron chi connectivity index (χ1n) is 8.11. The van der Waals surface area contributed by atoms with Crippen LogP contribution in [-0.4, -0.2) is 31.8 Å². The molecule has 0 aliphatic rings. The Bertz CT molecular complexity index is 998. The maximum absolute atomic E-state index is 12.9. The lowest BCUT2D eigenvalue weighted by Crippen LogP contribution is -2.16. The monoisotopic (exact) mass is 372 g/mol. The van der Waals surface area contributed by atoms with Gasteiger partial charge < -0.3 is 18.8 Å². The van der Waals surface area contributed by atoms with Crippen LogP contribution in [-0.2, 0) is 6.54 Å². The van der Waals surface area contributed by atoms with E-state index in [9.17, 15) is 4.79 Å². The summed E-state index contributed by atoms with van der Waals surface area (Å²) >= 11 is 1.44. The Morgan fingerprint density at radius 1 is 1.00 bits per heavy atom. The first kappa shape index (κ1) is 18.0. The van der Waals surface area contributed by atoms with Crippen LogP contribution in [0.1, 0.15) is 17.3 Å². The number of aryl methyl sites for hydroxylation is 1. The number of rotatable bonds is 5. The Hall–Kier alpha value is -2.80. The molecule has 0 saturated heterocycles. The number of amides is 1. The normalized spacial score (nSPS) is 11.6. The number of hydrogen-bond acceptors (Lipinski definition) is 5. The molecule has 0 spiro atoms.